The van der Waals surface area contributed by atoms with Gasteiger partial charge in [0.1, 0.15) is 0 Å². The first-order chi connectivity index (χ1) is 7.68. The van der Waals surface area contributed by atoms with Gasteiger partial charge in [0, 0.05) is 18.3 Å². The van der Waals surface area contributed by atoms with Crippen molar-refractivity contribution in [3.05, 3.63) is 53.2 Å². The van der Waals surface area contributed by atoms with E-state index in [4.69, 9.17) is 17.3 Å². The summed E-state index contributed by atoms with van der Waals surface area (Å²) in [5, 5.41) is 0.683. The van der Waals surface area contributed by atoms with E-state index in [0.29, 0.717) is 17.1 Å². The highest BCUT2D eigenvalue weighted by Gasteiger charge is 2.11. The maximum absolute atomic E-state index is 10.9. The highest BCUT2D eigenvalue weighted by atomic mass is 35.5. The minimum atomic E-state index is -0.407. The molecule has 1 aliphatic rings. The average Bonchev–Trinajstić information content (AvgIpc) is 2.30. The summed E-state index contributed by atoms with van der Waals surface area (Å²) < 4.78 is 0. The molecule has 0 atom stereocenters. The van der Waals surface area contributed by atoms with Crippen LogP contribution in [0.25, 0.3) is 0 Å². The lowest BCUT2D eigenvalue weighted by atomic mass is 10.1. The highest BCUT2D eigenvalue weighted by Crippen LogP contribution is 2.26. The predicted molar refractivity (Wildman–Crippen MR) is 65.2 cm³/mol. The fraction of sp³-hybridized carbons (Fsp3) is 0.0833. The summed E-state index contributed by atoms with van der Waals surface area (Å²) in [5.41, 5.74) is 6.63. The molecule has 1 heterocycles. The number of hydrogen-bond donors (Lipinski definition) is 1. The second-order valence-electron chi connectivity index (χ2n) is 3.44. The van der Waals surface area contributed by atoms with E-state index in [1.165, 1.54) is 0 Å². The number of primary amides is 1. The summed E-state index contributed by atoms with van der Waals surface area (Å²) in [4.78, 5) is 12.9. The molecular weight excluding hydrogens is 224 g/mol. The van der Waals surface area contributed by atoms with Crippen molar-refractivity contribution < 1.29 is 4.79 Å². The number of halogens is 1. The number of para-hydroxylation sites is 1. The Hall–Kier alpha value is -1.74. The molecule has 1 aliphatic heterocycles. The molecule has 82 valence electrons. The first kappa shape index (κ1) is 10.8. The van der Waals surface area contributed by atoms with Crippen LogP contribution in [0.3, 0.4) is 0 Å². The number of benzene rings is 1. The molecule has 0 spiro atoms. The Bertz CT molecular complexity index is 480. The van der Waals surface area contributed by atoms with Crippen molar-refractivity contribution in [3.8, 4) is 0 Å². The van der Waals surface area contributed by atoms with E-state index in [0.717, 1.165) is 5.69 Å². The lowest BCUT2D eigenvalue weighted by Gasteiger charge is -2.23. The zero-order chi connectivity index (χ0) is 11.5. The van der Waals surface area contributed by atoms with E-state index in [1.54, 1.807) is 18.4 Å². The topological polar surface area (TPSA) is 46.3 Å². The maximum Gasteiger partial charge on any atom is 0.248 e. The summed E-state index contributed by atoms with van der Waals surface area (Å²) in [6.45, 7) is 0.596. The summed E-state index contributed by atoms with van der Waals surface area (Å²) >= 11 is 6.07. The standard InChI is InChI=1S/C12H11ClN2O/c13-10-3-1-2-4-11(10)15-7-5-9(6-8-15)12(14)16/h1-7H,8H2,(H2,14,16). The van der Waals surface area contributed by atoms with Crippen molar-refractivity contribution in [2.75, 3.05) is 11.4 Å². The second-order valence-corrected chi connectivity index (χ2v) is 3.85. The van der Waals surface area contributed by atoms with E-state index in [2.05, 4.69) is 0 Å². The second kappa shape index (κ2) is 4.41. The molecule has 2 rings (SSSR count). The summed E-state index contributed by atoms with van der Waals surface area (Å²) in [7, 11) is 0. The molecule has 0 fully saturated rings. The number of nitrogens with two attached hydrogens (primary N) is 1. The molecule has 0 bridgehead atoms. The van der Waals surface area contributed by atoms with Crippen molar-refractivity contribution in [2.45, 2.75) is 0 Å². The molecule has 0 aromatic heterocycles. The van der Waals surface area contributed by atoms with Crippen molar-refractivity contribution in [2.24, 2.45) is 5.73 Å². The van der Waals surface area contributed by atoms with Gasteiger partial charge in [-0.15, -0.1) is 0 Å². The van der Waals surface area contributed by atoms with Gasteiger partial charge in [0.2, 0.25) is 5.91 Å². The number of anilines is 1. The smallest absolute Gasteiger partial charge is 0.248 e. The quantitative estimate of drug-likeness (QED) is 0.852. The molecule has 0 unspecified atom stereocenters. The third-order valence-corrected chi connectivity index (χ3v) is 2.71. The summed E-state index contributed by atoms with van der Waals surface area (Å²) in [6, 6.07) is 7.56. The van der Waals surface area contributed by atoms with Crippen LogP contribution in [0.15, 0.2) is 48.2 Å². The normalized spacial score (nSPS) is 14.8. The molecule has 0 saturated heterocycles. The summed E-state index contributed by atoms with van der Waals surface area (Å²) in [5.74, 6) is -0.407. The lowest BCUT2D eigenvalue weighted by Crippen LogP contribution is -2.23. The van der Waals surface area contributed by atoms with Gasteiger partial charge in [-0.1, -0.05) is 29.8 Å². The van der Waals surface area contributed by atoms with Gasteiger partial charge in [-0.2, -0.15) is 0 Å². The number of amides is 1. The number of carbonyl (C=O) groups is 1. The minimum Gasteiger partial charge on any atom is -0.366 e. The SMILES string of the molecule is NC(=O)C1=CCN(c2ccccc2Cl)C=C1. The Morgan fingerprint density at radius 2 is 2.12 bits per heavy atom. The van der Waals surface area contributed by atoms with Crippen LogP contribution in [-0.4, -0.2) is 12.5 Å². The predicted octanol–water partition coefficient (Wildman–Crippen LogP) is 2.09. The summed E-state index contributed by atoms with van der Waals surface area (Å²) in [6.07, 6.45) is 5.28. The van der Waals surface area contributed by atoms with Crippen molar-refractivity contribution >= 4 is 23.2 Å². The molecule has 1 aromatic carbocycles. The molecule has 1 amide bonds. The Kier molecular flexibility index (Phi) is 2.97. The molecular formula is C12H11ClN2O. The number of hydrogen-bond acceptors (Lipinski definition) is 2. The zero-order valence-corrected chi connectivity index (χ0v) is 9.32. The van der Waals surface area contributed by atoms with Gasteiger partial charge in [0.05, 0.1) is 10.7 Å². The van der Waals surface area contributed by atoms with Crippen LogP contribution >= 0.6 is 11.6 Å². The molecule has 0 radical (unpaired) electrons. The molecule has 2 N–H and O–H groups in total. The van der Waals surface area contributed by atoms with Crippen LogP contribution < -0.4 is 10.6 Å². The van der Waals surface area contributed by atoms with E-state index in [-0.39, 0.29) is 0 Å². The van der Waals surface area contributed by atoms with Crippen LogP contribution in [0, 0.1) is 0 Å². The molecule has 1 aromatic rings. The Morgan fingerprint density at radius 3 is 2.69 bits per heavy atom. The van der Waals surface area contributed by atoms with Crippen molar-refractivity contribution in [3.63, 3.8) is 0 Å². The molecule has 0 saturated carbocycles. The molecule has 16 heavy (non-hydrogen) atoms. The van der Waals surface area contributed by atoms with E-state index >= 15 is 0 Å². The average molecular weight is 235 g/mol. The number of carbonyl (C=O) groups excluding carboxylic acids is 1. The first-order valence-electron chi connectivity index (χ1n) is 4.88. The van der Waals surface area contributed by atoms with Gasteiger partial charge in [0.15, 0.2) is 0 Å². The van der Waals surface area contributed by atoms with Gasteiger partial charge >= 0.3 is 0 Å². The lowest BCUT2D eigenvalue weighted by molar-refractivity contribution is -0.114. The van der Waals surface area contributed by atoms with Gasteiger partial charge in [0.25, 0.3) is 0 Å². The molecule has 3 nitrogen and oxygen atoms in total. The monoisotopic (exact) mass is 234 g/mol. The van der Waals surface area contributed by atoms with Crippen LogP contribution in [0.5, 0.6) is 0 Å². The fourth-order valence-corrected chi connectivity index (χ4v) is 1.79. The van der Waals surface area contributed by atoms with Gasteiger partial charge in [-0.05, 0) is 18.2 Å². The zero-order valence-electron chi connectivity index (χ0n) is 8.56. The largest absolute Gasteiger partial charge is 0.366 e. The van der Waals surface area contributed by atoms with Gasteiger partial charge < -0.3 is 10.6 Å². The first-order valence-corrected chi connectivity index (χ1v) is 5.25. The van der Waals surface area contributed by atoms with Crippen molar-refractivity contribution in [1.29, 1.82) is 0 Å². The third kappa shape index (κ3) is 2.09. The van der Waals surface area contributed by atoms with Gasteiger partial charge in [-0.3, -0.25) is 4.79 Å². The van der Waals surface area contributed by atoms with Crippen LogP contribution in [0.2, 0.25) is 5.02 Å². The number of nitrogens with zero attached hydrogens (tertiary/aromatic N) is 1. The maximum atomic E-state index is 10.9. The van der Waals surface area contributed by atoms with E-state index in [1.807, 2.05) is 29.2 Å². The Morgan fingerprint density at radius 1 is 1.38 bits per heavy atom. The van der Waals surface area contributed by atoms with Crippen LogP contribution in [0.1, 0.15) is 0 Å². The highest BCUT2D eigenvalue weighted by molar-refractivity contribution is 6.33. The number of rotatable bonds is 2. The molecule has 4 heteroatoms. The minimum absolute atomic E-state index is 0.407. The Balaban J connectivity index is 2.21. The molecule has 0 aliphatic carbocycles. The van der Waals surface area contributed by atoms with Crippen molar-refractivity contribution in [1.82, 2.24) is 0 Å². The Labute approximate surface area is 98.8 Å². The van der Waals surface area contributed by atoms with E-state index < -0.39 is 5.91 Å². The van der Waals surface area contributed by atoms with Gasteiger partial charge in [-0.25, -0.2) is 0 Å². The third-order valence-electron chi connectivity index (χ3n) is 2.39. The van der Waals surface area contributed by atoms with Crippen LogP contribution in [0.4, 0.5) is 5.69 Å². The van der Waals surface area contributed by atoms with E-state index in [9.17, 15) is 4.79 Å². The fourth-order valence-electron chi connectivity index (χ4n) is 1.54. The van der Waals surface area contributed by atoms with Crippen LogP contribution in [-0.2, 0) is 4.79 Å².